The summed E-state index contributed by atoms with van der Waals surface area (Å²) in [5.41, 5.74) is 2.09. The number of hydrogen-bond donors (Lipinski definition) is 0. The third-order valence-corrected chi connectivity index (χ3v) is 4.43. The third kappa shape index (κ3) is 5.75. The molecule has 102 valence electrons. The number of hydrogen-bond acceptors (Lipinski definition) is 0. The van der Waals surface area contributed by atoms with Crippen molar-refractivity contribution in [2.45, 2.75) is 80.6 Å². The van der Waals surface area contributed by atoms with Crippen LogP contribution in [-0.2, 0) is 0 Å². The van der Waals surface area contributed by atoms with E-state index in [9.17, 15) is 0 Å². The van der Waals surface area contributed by atoms with E-state index >= 15 is 0 Å². The van der Waals surface area contributed by atoms with Gasteiger partial charge in [0.05, 0.1) is 0 Å². The van der Waals surface area contributed by atoms with E-state index < -0.39 is 0 Å². The largest absolute Gasteiger partial charge is 0.0887 e. The van der Waals surface area contributed by atoms with Crippen molar-refractivity contribution in [2.24, 2.45) is 17.3 Å². The molecule has 0 rings (SSSR count). The number of allylic oxidation sites excluding steroid dienone is 2. The van der Waals surface area contributed by atoms with Gasteiger partial charge in [-0.2, -0.15) is 0 Å². The zero-order valence-corrected chi connectivity index (χ0v) is 13.3. The fourth-order valence-electron chi connectivity index (χ4n) is 2.93. The lowest BCUT2D eigenvalue weighted by molar-refractivity contribution is 0.134. The second kappa shape index (κ2) is 7.95. The first-order valence-electron chi connectivity index (χ1n) is 7.51. The monoisotopic (exact) mass is 238 g/mol. The summed E-state index contributed by atoms with van der Waals surface area (Å²) in [6.45, 7) is 16.4. The lowest BCUT2D eigenvalue weighted by Crippen LogP contribution is -2.28. The van der Waals surface area contributed by atoms with Crippen molar-refractivity contribution in [3.63, 3.8) is 0 Å². The van der Waals surface area contributed by atoms with Crippen molar-refractivity contribution in [1.82, 2.24) is 0 Å². The lowest BCUT2D eigenvalue weighted by atomic mass is 9.67. The van der Waals surface area contributed by atoms with E-state index in [-0.39, 0.29) is 0 Å². The van der Waals surface area contributed by atoms with Gasteiger partial charge in [-0.15, -0.1) is 0 Å². The second-order valence-corrected chi connectivity index (χ2v) is 6.42. The zero-order valence-electron chi connectivity index (χ0n) is 13.3. The van der Waals surface area contributed by atoms with Crippen LogP contribution < -0.4 is 0 Å². The SMILES string of the molecule is C/C=C(\C)CC(CC(C)C)C(C)(CC)CCC. The molecule has 0 saturated heterocycles. The van der Waals surface area contributed by atoms with Crippen LogP contribution in [0.15, 0.2) is 11.6 Å². The Morgan fingerprint density at radius 3 is 2.18 bits per heavy atom. The fourth-order valence-corrected chi connectivity index (χ4v) is 2.93. The van der Waals surface area contributed by atoms with Gasteiger partial charge in [-0.05, 0) is 50.4 Å². The minimum Gasteiger partial charge on any atom is -0.0887 e. The molecule has 0 aliphatic rings. The van der Waals surface area contributed by atoms with Gasteiger partial charge in [0.1, 0.15) is 0 Å². The lowest BCUT2D eigenvalue weighted by Gasteiger charge is -2.38. The van der Waals surface area contributed by atoms with Gasteiger partial charge in [0.2, 0.25) is 0 Å². The molecule has 0 fully saturated rings. The van der Waals surface area contributed by atoms with Gasteiger partial charge in [0, 0.05) is 0 Å². The average Bonchev–Trinajstić information content (AvgIpc) is 2.27. The van der Waals surface area contributed by atoms with E-state index in [1.165, 1.54) is 32.1 Å². The molecule has 0 saturated carbocycles. The van der Waals surface area contributed by atoms with Crippen LogP contribution in [0, 0.1) is 17.3 Å². The highest BCUT2D eigenvalue weighted by Gasteiger charge is 2.31. The van der Waals surface area contributed by atoms with Crippen molar-refractivity contribution < 1.29 is 0 Å². The molecule has 0 bridgehead atoms. The van der Waals surface area contributed by atoms with Crippen LogP contribution in [0.2, 0.25) is 0 Å². The van der Waals surface area contributed by atoms with E-state index in [1.54, 1.807) is 5.57 Å². The van der Waals surface area contributed by atoms with Crippen LogP contribution >= 0.6 is 0 Å². The molecule has 0 heterocycles. The smallest absolute Gasteiger partial charge is 0.0289 e. The molecular formula is C17H34. The van der Waals surface area contributed by atoms with E-state index in [2.05, 4.69) is 54.5 Å². The maximum absolute atomic E-state index is 2.51. The van der Waals surface area contributed by atoms with Crippen molar-refractivity contribution in [3.8, 4) is 0 Å². The predicted molar refractivity (Wildman–Crippen MR) is 80.3 cm³/mol. The van der Waals surface area contributed by atoms with Crippen LogP contribution in [0.4, 0.5) is 0 Å². The van der Waals surface area contributed by atoms with Crippen molar-refractivity contribution in [3.05, 3.63) is 11.6 Å². The first kappa shape index (κ1) is 16.7. The molecule has 17 heavy (non-hydrogen) atoms. The molecule has 0 aliphatic heterocycles. The average molecular weight is 238 g/mol. The molecule has 0 heteroatoms. The molecule has 2 atom stereocenters. The second-order valence-electron chi connectivity index (χ2n) is 6.42. The summed E-state index contributed by atoms with van der Waals surface area (Å²) in [4.78, 5) is 0. The van der Waals surface area contributed by atoms with E-state index in [0.717, 1.165) is 11.8 Å². The van der Waals surface area contributed by atoms with E-state index in [0.29, 0.717) is 5.41 Å². The molecule has 0 aromatic heterocycles. The Balaban J connectivity index is 4.85. The summed E-state index contributed by atoms with van der Waals surface area (Å²) in [5.74, 6) is 1.66. The molecular weight excluding hydrogens is 204 g/mol. The normalized spacial score (nSPS) is 18.2. The molecule has 0 nitrogen and oxygen atoms in total. The van der Waals surface area contributed by atoms with Gasteiger partial charge in [0.15, 0.2) is 0 Å². The van der Waals surface area contributed by atoms with Crippen LogP contribution in [0.25, 0.3) is 0 Å². The van der Waals surface area contributed by atoms with E-state index in [4.69, 9.17) is 0 Å². The van der Waals surface area contributed by atoms with Crippen LogP contribution in [0.1, 0.15) is 80.6 Å². The summed E-state index contributed by atoms with van der Waals surface area (Å²) in [5, 5.41) is 0. The van der Waals surface area contributed by atoms with Gasteiger partial charge >= 0.3 is 0 Å². The van der Waals surface area contributed by atoms with Crippen molar-refractivity contribution in [1.29, 1.82) is 0 Å². The Kier molecular flexibility index (Phi) is 7.83. The molecule has 0 aromatic rings. The summed E-state index contributed by atoms with van der Waals surface area (Å²) in [6.07, 6.45) is 8.95. The Morgan fingerprint density at radius 1 is 1.24 bits per heavy atom. The highest BCUT2D eigenvalue weighted by molar-refractivity contribution is 5.00. The maximum Gasteiger partial charge on any atom is -0.0289 e. The summed E-state index contributed by atoms with van der Waals surface area (Å²) >= 11 is 0. The quantitative estimate of drug-likeness (QED) is 0.440. The summed E-state index contributed by atoms with van der Waals surface area (Å²) < 4.78 is 0. The highest BCUT2D eigenvalue weighted by atomic mass is 14.4. The van der Waals surface area contributed by atoms with Crippen molar-refractivity contribution in [2.75, 3.05) is 0 Å². The van der Waals surface area contributed by atoms with Gasteiger partial charge < -0.3 is 0 Å². The van der Waals surface area contributed by atoms with Gasteiger partial charge in [-0.25, -0.2) is 0 Å². The molecule has 0 spiro atoms. The topological polar surface area (TPSA) is 0 Å². The minimum absolute atomic E-state index is 0.531. The minimum atomic E-state index is 0.531. The van der Waals surface area contributed by atoms with Gasteiger partial charge in [0.25, 0.3) is 0 Å². The van der Waals surface area contributed by atoms with Crippen LogP contribution in [0.5, 0.6) is 0 Å². The Bertz CT molecular complexity index is 224. The molecule has 0 N–H and O–H groups in total. The first-order chi connectivity index (χ1) is 7.89. The fraction of sp³-hybridized carbons (Fsp3) is 0.882. The van der Waals surface area contributed by atoms with Crippen molar-refractivity contribution >= 4 is 0 Å². The third-order valence-electron chi connectivity index (χ3n) is 4.43. The predicted octanol–water partition coefficient (Wildman–Crippen LogP) is 6.22. The Morgan fingerprint density at radius 2 is 1.82 bits per heavy atom. The summed E-state index contributed by atoms with van der Waals surface area (Å²) in [6, 6.07) is 0. The maximum atomic E-state index is 2.51. The molecule has 0 amide bonds. The van der Waals surface area contributed by atoms with Gasteiger partial charge in [-0.1, -0.05) is 59.1 Å². The van der Waals surface area contributed by atoms with Crippen LogP contribution in [0.3, 0.4) is 0 Å². The van der Waals surface area contributed by atoms with Gasteiger partial charge in [-0.3, -0.25) is 0 Å². The molecule has 0 radical (unpaired) electrons. The van der Waals surface area contributed by atoms with E-state index in [1.807, 2.05) is 0 Å². The van der Waals surface area contributed by atoms with Crippen LogP contribution in [-0.4, -0.2) is 0 Å². The first-order valence-corrected chi connectivity index (χ1v) is 7.51. The Labute approximate surface area is 110 Å². The number of rotatable bonds is 8. The molecule has 0 aliphatic carbocycles. The molecule has 2 unspecified atom stereocenters. The summed E-state index contributed by atoms with van der Waals surface area (Å²) in [7, 11) is 0. The highest BCUT2D eigenvalue weighted by Crippen LogP contribution is 2.42. The zero-order chi connectivity index (χ0) is 13.5. The standard InChI is InChI=1S/C17H34/c1-8-11-17(7,10-3)16(12-14(4)5)13-15(6)9-2/h9,14,16H,8,10-13H2,1-7H3/b15-9+. The Hall–Kier alpha value is -0.260. The molecule has 0 aromatic carbocycles.